The Morgan fingerprint density at radius 2 is 2.21 bits per heavy atom. The van der Waals surface area contributed by atoms with Gasteiger partial charge in [-0.1, -0.05) is 0 Å². The number of nitrogen functional groups attached to an aromatic ring is 1. The first-order valence-corrected chi connectivity index (χ1v) is 6.72. The Morgan fingerprint density at radius 1 is 1.53 bits per heavy atom. The molecule has 1 fully saturated rings. The lowest BCUT2D eigenvalue weighted by Crippen LogP contribution is -2.38. The molecule has 0 bridgehead atoms. The molecule has 0 unspecified atom stereocenters. The number of anilines is 1. The number of carbonyl (C=O) groups is 1. The second kappa shape index (κ2) is 6.02. The molecule has 1 saturated heterocycles. The highest BCUT2D eigenvalue weighted by Crippen LogP contribution is 2.18. The van der Waals surface area contributed by atoms with E-state index >= 15 is 0 Å². The smallest absolute Gasteiger partial charge is 0.257 e. The standard InChI is InChI=1S/C14H22N4O/c1-17-8-5-11(6-9-17)10-18(2)14(19)12-4-3-7-16-13(12)15/h3-4,7,11H,5-6,8-10H2,1-2H3,(H2,15,16). The third-order valence-electron chi connectivity index (χ3n) is 3.79. The van der Waals surface area contributed by atoms with Gasteiger partial charge in [-0.25, -0.2) is 4.98 Å². The number of nitrogens with zero attached hydrogens (tertiary/aromatic N) is 3. The molecule has 0 radical (unpaired) electrons. The summed E-state index contributed by atoms with van der Waals surface area (Å²) >= 11 is 0. The van der Waals surface area contributed by atoms with Crippen molar-refractivity contribution < 1.29 is 4.79 Å². The molecule has 0 spiro atoms. The van der Waals surface area contributed by atoms with Crippen LogP contribution in [0.25, 0.3) is 0 Å². The van der Waals surface area contributed by atoms with Gasteiger partial charge in [0.25, 0.3) is 5.91 Å². The van der Waals surface area contributed by atoms with Crippen LogP contribution in [-0.4, -0.2) is 54.4 Å². The first kappa shape index (κ1) is 13.8. The average molecular weight is 262 g/mol. The summed E-state index contributed by atoms with van der Waals surface area (Å²) in [6.07, 6.45) is 3.90. The minimum Gasteiger partial charge on any atom is -0.383 e. The maximum Gasteiger partial charge on any atom is 0.257 e. The third-order valence-corrected chi connectivity index (χ3v) is 3.79. The highest BCUT2D eigenvalue weighted by Gasteiger charge is 2.22. The number of carbonyl (C=O) groups excluding carboxylic acids is 1. The highest BCUT2D eigenvalue weighted by molar-refractivity contribution is 5.98. The van der Waals surface area contributed by atoms with Crippen molar-refractivity contribution in [3.8, 4) is 0 Å². The second-order valence-electron chi connectivity index (χ2n) is 5.37. The Kier molecular flexibility index (Phi) is 4.37. The van der Waals surface area contributed by atoms with E-state index in [0.29, 0.717) is 17.3 Å². The quantitative estimate of drug-likeness (QED) is 0.885. The Balaban J connectivity index is 1.94. The van der Waals surface area contributed by atoms with Gasteiger partial charge in [-0.05, 0) is 51.0 Å². The first-order valence-electron chi connectivity index (χ1n) is 6.72. The van der Waals surface area contributed by atoms with Crippen molar-refractivity contribution in [2.45, 2.75) is 12.8 Å². The fourth-order valence-corrected chi connectivity index (χ4v) is 2.52. The van der Waals surface area contributed by atoms with Crippen molar-refractivity contribution in [3.63, 3.8) is 0 Å². The van der Waals surface area contributed by atoms with Crippen molar-refractivity contribution in [1.29, 1.82) is 0 Å². The molecule has 2 heterocycles. The molecular weight excluding hydrogens is 240 g/mol. The van der Waals surface area contributed by atoms with Crippen LogP contribution in [0.1, 0.15) is 23.2 Å². The van der Waals surface area contributed by atoms with Crippen molar-refractivity contribution in [2.24, 2.45) is 5.92 Å². The number of piperidine rings is 1. The van der Waals surface area contributed by atoms with Crippen molar-refractivity contribution in [3.05, 3.63) is 23.9 Å². The molecule has 104 valence electrons. The Hall–Kier alpha value is -1.62. The lowest BCUT2D eigenvalue weighted by Gasteiger charge is -2.31. The number of hydrogen-bond acceptors (Lipinski definition) is 4. The van der Waals surface area contributed by atoms with E-state index in [0.717, 1.165) is 32.5 Å². The van der Waals surface area contributed by atoms with Crippen molar-refractivity contribution in [1.82, 2.24) is 14.8 Å². The lowest BCUT2D eigenvalue weighted by atomic mass is 9.96. The lowest BCUT2D eigenvalue weighted by molar-refractivity contribution is 0.0748. The monoisotopic (exact) mass is 262 g/mol. The van der Waals surface area contributed by atoms with Crippen LogP contribution in [0.4, 0.5) is 5.82 Å². The summed E-state index contributed by atoms with van der Waals surface area (Å²) in [6, 6.07) is 3.48. The Morgan fingerprint density at radius 3 is 2.84 bits per heavy atom. The van der Waals surface area contributed by atoms with Crippen LogP contribution in [0.2, 0.25) is 0 Å². The van der Waals surface area contributed by atoms with Gasteiger partial charge in [-0.2, -0.15) is 0 Å². The summed E-state index contributed by atoms with van der Waals surface area (Å²) in [7, 11) is 3.98. The van der Waals surface area contributed by atoms with Crippen molar-refractivity contribution >= 4 is 11.7 Å². The number of likely N-dealkylation sites (tertiary alicyclic amines) is 1. The SMILES string of the molecule is CN1CCC(CN(C)C(=O)c2cccnc2N)CC1. The fourth-order valence-electron chi connectivity index (χ4n) is 2.52. The molecule has 0 aliphatic carbocycles. The number of rotatable bonds is 3. The molecule has 19 heavy (non-hydrogen) atoms. The van der Waals surface area contributed by atoms with E-state index in [1.807, 2.05) is 7.05 Å². The second-order valence-corrected chi connectivity index (χ2v) is 5.37. The van der Waals surface area contributed by atoms with Gasteiger partial charge in [0.2, 0.25) is 0 Å². The molecule has 5 nitrogen and oxygen atoms in total. The largest absolute Gasteiger partial charge is 0.383 e. The summed E-state index contributed by atoms with van der Waals surface area (Å²) in [5, 5.41) is 0. The van der Waals surface area contributed by atoms with Gasteiger partial charge < -0.3 is 15.5 Å². The summed E-state index contributed by atoms with van der Waals surface area (Å²) < 4.78 is 0. The van der Waals surface area contributed by atoms with Crippen molar-refractivity contribution in [2.75, 3.05) is 39.5 Å². The van der Waals surface area contributed by atoms with Crippen LogP contribution < -0.4 is 5.73 Å². The number of pyridine rings is 1. The molecule has 1 aliphatic heterocycles. The Bertz CT molecular complexity index is 441. The maximum absolute atomic E-state index is 12.3. The predicted octanol–water partition coefficient (Wildman–Crippen LogP) is 1.08. The van der Waals surface area contributed by atoms with Gasteiger partial charge in [0, 0.05) is 19.8 Å². The average Bonchev–Trinajstić information content (AvgIpc) is 2.41. The summed E-state index contributed by atoms with van der Waals surface area (Å²) in [6.45, 7) is 3.02. The van der Waals surface area contributed by atoms with E-state index in [1.54, 1.807) is 23.2 Å². The molecule has 2 N–H and O–H groups in total. The number of amides is 1. The molecular formula is C14H22N4O. The van der Waals surface area contributed by atoms with Gasteiger partial charge in [0.15, 0.2) is 0 Å². The molecule has 1 aromatic heterocycles. The minimum atomic E-state index is -0.0375. The molecule has 5 heteroatoms. The third kappa shape index (κ3) is 3.44. The van der Waals surface area contributed by atoms with Gasteiger partial charge in [0.05, 0.1) is 5.56 Å². The normalized spacial score (nSPS) is 17.4. The number of hydrogen-bond donors (Lipinski definition) is 1. The van der Waals surface area contributed by atoms with Gasteiger partial charge >= 0.3 is 0 Å². The van der Waals surface area contributed by atoms with Gasteiger partial charge in [-0.3, -0.25) is 4.79 Å². The Labute approximate surface area is 114 Å². The van der Waals surface area contributed by atoms with E-state index in [1.165, 1.54) is 0 Å². The minimum absolute atomic E-state index is 0.0375. The fraction of sp³-hybridized carbons (Fsp3) is 0.571. The van der Waals surface area contributed by atoms with Crippen LogP contribution in [-0.2, 0) is 0 Å². The van der Waals surface area contributed by atoms with Gasteiger partial charge in [0.1, 0.15) is 5.82 Å². The molecule has 0 aromatic carbocycles. The van der Waals surface area contributed by atoms with E-state index in [-0.39, 0.29) is 5.91 Å². The molecule has 1 aromatic rings. The van der Waals surface area contributed by atoms with Gasteiger partial charge in [-0.15, -0.1) is 0 Å². The number of aromatic nitrogens is 1. The maximum atomic E-state index is 12.3. The van der Waals surface area contributed by atoms with Crippen LogP contribution in [0.5, 0.6) is 0 Å². The topological polar surface area (TPSA) is 62.5 Å². The molecule has 1 amide bonds. The zero-order valence-electron chi connectivity index (χ0n) is 11.7. The van der Waals surface area contributed by atoms with Crippen LogP contribution in [0.3, 0.4) is 0 Å². The van der Waals surface area contributed by atoms with E-state index < -0.39 is 0 Å². The molecule has 0 saturated carbocycles. The highest BCUT2D eigenvalue weighted by atomic mass is 16.2. The van der Waals surface area contributed by atoms with E-state index in [2.05, 4.69) is 16.9 Å². The summed E-state index contributed by atoms with van der Waals surface area (Å²) in [5.41, 5.74) is 6.24. The molecule has 1 aliphatic rings. The van der Waals surface area contributed by atoms with E-state index in [9.17, 15) is 4.79 Å². The molecule has 0 atom stereocenters. The van der Waals surface area contributed by atoms with Crippen LogP contribution >= 0.6 is 0 Å². The van der Waals surface area contributed by atoms with E-state index in [4.69, 9.17) is 5.73 Å². The first-order chi connectivity index (χ1) is 9.08. The van der Waals surface area contributed by atoms with Crippen LogP contribution in [0.15, 0.2) is 18.3 Å². The predicted molar refractivity (Wildman–Crippen MR) is 75.8 cm³/mol. The molecule has 2 rings (SSSR count). The summed E-state index contributed by atoms with van der Waals surface area (Å²) in [4.78, 5) is 20.4. The zero-order valence-corrected chi connectivity index (χ0v) is 11.7. The summed E-state index contributed by atoms with van der Waals surface area (Å²) in [5.74, 6) is 0.857. The number of nitrogens with two attached hydrogens (primary N) is 1. The van der Waals surface area contributed by atoms with Crippen LogP contribution in [0, 0.1) is 5.92 Å². The zero-order chi connectivity index (χ0) is 13.8.